The highest BCUT2D eigenvalue weighted by atomic mass is 32.2. The van der Waals surface area contributed by atoms with Crippen LogP contribution in [-0.2, 0) is 13.1 Å². The quantitative estimate of drug-likeness (QED) is 0.579. The number of aliphatic imine (C=N–C) groups is 1. The Bertz CT molecular complexity index is 681. The monoisotopic (exact) mass is 371 g/mol. The van der Waals surface area contributed by atoms with Crippen molar-refractivity contribution in [2.24, 2.45) is 4.99 Å². The maximum Gasteiger partial charge on any atom is 0.191 e. The van der Waals surface area contributed by atoms with Crippen molar-refractivity contribution >= 4 is 17.7 Å². The minimum absolute atomic E-state index is 0.544. The summed E-state index contributed by atoms with van der Waals surface area (Å²) in [4.78, 5) is 8.86. The van der Waals surface area contributed by atoms with E-state index in [9.17, 15) is 0 Å². The summed E-state index contributed by atoms with van der Waals surface area (Å²) in [7, 11) is 0. The molecule has 0 spiro atoms. The lowest BCUT2D eigenvalue weighted by Crippen LogP contribution is -2.42. The van der Waals surface area contributed by atoms with E-state index in [-0.39, 0.29) is 0 Å². The van der Waals surface area contributed by atoms with Crippen molar-refractivity contribution in [3.8, 4) is 0 Å². The predicted octanol–water partition coefficient (Wildman–Crippen LogP) is 3.27. The smallest absolute Gasteiger partial charge is 0.191 e. The third kappa shape index (κ3) is 5.53. The molecule has 0 saturated heterocycles. The molecule has 0 bridgehead atoms. The molecule has 140 valence electrons. The van der Waals surface area contributed by atoms with E-state index in [1.54, 1.807) is 0 Å². The minimum atomic E-state index is 0.544. The first-order valence-corrected chi connectivity index (χ1v) is 10.7. The van der Waals surface area contributed by atoms with Gasteiger partial charge in [0.2, 0.25) is 0 Å². The molecule has 2 unspecified atom stereocenters. The van der Waals surface area contributed by atoms with Crippen molar-refractivity contribution in [1.82, 2.24) is 20.2 Å². The largest absolute Gasteiger partial charge is 0.357 e. The average Bonchev–Trinajstić information content (AvgIpc) is 3.33. The Hall–Kier alpha value is -1.95. The van der Waals surface area contributed by atoms with E-state index in [0.717, 1.165) is 24.3 Å². The van der Waals surface area contributed by atoms with Crippen molar-refractivity contribution < 1.29 is 0 Å². The van der Waals surface area contributed by atoms with Crippen LogP contribution in [0.3, 0.4) is 0 Å². The molecule has 2 N–H and O–H groups in total. The van der Waals surface area contributed by atoms with Crippen LogP contribution in [0.2, 0.25) is 0 Å². The Balaban J connectivity index is 1.55. The van der Waals surface area contributed by atoms with Gasteiger partial charge in [-0.25, -0.2) is 9.98 Å². The van der Waals surface area contributed by atoms with Gasteiger partial charge in [-0.3, -0.25) is 0 Å². The summed E-state index contributed by atoms with van der Waals surface area (Å²) >= 11 is 1.98. The van der Waals surface area contributed by atoms with E-state index < -0.39 is 0 Å². The summed E-state index contributed by atoms with van der Waals surface area (Å²) in [6, 6.07) is 9.22. The maximum absolute atomic E-state index is 4.78. The fourth-order valence-electron chi connectivity index (χ4n) is 3.31. The fourth-order valence-corrected chi connectivity index (χ4v) is 4.11. The van der Waals surface area contributed by atoms with Crippen LogP contribution in [0.5, 0.6) is 0 Å². The van der Waals surface area contributed by atoms with Gasteiger partial charge in [0.1, 0.15) is 0 Å². The Morgan fingerprint density at radius 3 is 2.73 bits per heavy atom. The Morgan fingerprint density at radius 2 is 2.08 bits per heavy atom. The van der Waals surface area contributed by atoms with Crippen molar-refractivity contribution in [3.05, 3.63) is 54.1 Å². The number of aromatic nitrogens is 2. The molecule has 1 saturated carbocycles. The second-order valence-electron chi connectivity index (χ2n) is 6.76. The summed E-state index contributed by atoms with van der Waals surface area (Å²) in [6.07, 6.45) is 11.6. The van der Waals surface area contributed by atoms with Crippen molar-refractivity contribution in [1.29, 1.82) is 0 Å². The first-order chi connectivity index (χ1) is 12.8. The van der Waals surface area contributed by atoms with Crippen LogP contribution in [0.25, 0.3) is 0 Å². The molecule has 1 aliphatic carbocycles. The highest BCUT2D eigenvalue weighted by Crippen LogP contribution is 2.28. The number of thioether (sulfide) groups is 1. The van der Waals surface area contributed by atoms with Crippen LogP contribution in [0.4, 0.5) is 0 Å². The summed E-state index contributed by atoms with van der Waals surface area (Å²) in [5.74, 6) is 0.932. The number of nitrogens with zero attached hydrogens (tertiary/aromatic N) is 3. The van der Waals surface area contributed by atoms with E-state index in [0.29, 0.717) is 12.6 Å². The number of imidazole rings is 1. The van der Waals surface area contributed by atoms with Crippen LogP contribution in [0.1, 0.15) is 37.3 Å². The second-order valence-corrected chi connectivity index (χ2v) is 7.90. The molecule has 5 nitrogen and oxygen atoms in total. The highest BCUT2D eigenvalue weighted by molar-refractivity contribution is 7.99. The molecule has 6 heteroatoms. The molecule has 0 radical (unpaired) electrons. The SMILES string of the molecule is CCNC(=NCc1ccc(Cn2ccnc2)cc1)NC1CCC(SC)C1. The zero-order valence-electron chi connectivity index (χ0n) is 15.7. The number of hydrogen-bond donors (Lipinski definition) is 2. The lowest BCUT2D eigenvalue weighted by Gasteiger charge is -2.17. The molecule has 1 aliphatic rings. The highest BCUT2D eigenvalue weighted by Gasteiger charge is 2.24. The molecule has 26 heavy (non-hydrogen) atoms. The number of nitrogens with one attached hydrogen (secondary N) is 2. The van der Waals surface area contributed by atoms with E-state index in [2.05, 4.69) is 57.6 Å². The summed E-state index contributed by atoms with van der Waals surface area (Å²) in [5, 5.41) is 7.77. The molecular weight excluding hydrogens is 342 g/mol. The number of benzene rings is 1. The zero-order valence-corrected chi connectivity index (χ0v) is 16.5. The zero-order chi connectivity index (χ0) is 18.2. The topological polar surface area (TPSA) is 54.2 Å². The van der Waals surface area contributed by atoms with Crippen LogP contribution in [-0.4, -0.2) is 39.6 Å². The third-order valence-corrected chi connectivity index (χ3v) is 5.86. The lowest BCUT2D eigenvalue weighted by atomic mass is 10.1. The van der Waals surface area contributed by atoms with Crippen LogP contribution >= 0.6 is 11.8 Å². The van der Waals surface area contributed by atoms with Crippen LogP contribution in [0, 0.1) is 0 Å². The average molecular weight is 372 g/mol. The van der Waals surface area contributed by atoms with Crippen molar-refractivity contribution in [2.75, 3.05) is 12.8 Å². The van der Waals surface area contributed by atoms with Gasteiger partial charge < -0.3 is 15.2 Å². The van der Waals surface area contributed by atoms with Gasteiger partial charge in [-0.05, 0) is 43.6 Å². The number of guanidine groups is 1. The van der Waals surface area contributed by atoms with E-state index >= 15 is 0 Å². The van der Waals surface area contributed by atoms with E-state index in [1.165, 1.54) is 30.4 Å². The summed E-state index contributed by atoms with van der Waals surface area (Å²) in [5.41, 5.74) is 2.50. The van der Waals surface area contributed by atoms with Crippen molar-refractivity contribution in [2.45, 2.75) is 50.6 Å². The van der Waals surface area contributed by atoms with Gasteiger partial charge in [-0.1, -0.05) is 24.3 Å². The van der Waals surface area contributed by atoms with E-state index in [4.69, 9.17) is 4.99 Å². The molecule has 3 rings (SSSR count). The Labute approximate surface area is 160 Å². The van der Waals surface area contributed by atoms with Gasteiger partial charge in [0.15, 0.2) is 5.96 Å². The van der Waals surface area contributed by atoms with E-state index in [1.807, 2.05) is 30.5 Å². The minimum Gasteiger partial charge on any atom is -0.357 e. The molecule has 0 amide bonds. The Morgan fingerprint density at radius 1 is 1.27 bits per heavy atom. The first kappa shape index (κ1) is 18.8. The normalized spacial score (nSPS) is 20.3. The number of rotatable bonds is 7. The number of hydrogen-bond acceptors (Lipinski definition) is 3. The van der Waals surface area contributed by atoms with Gasteiger partial charge in [0.25, 0.3) is 0 Å². The van der Waals surface area contributed by atoms with Gasteiger partial charge in [-0.15, -0.1) is 0 Å². The Kier molecular flexibility index (Phi) is 7.00. The van der Waals surface area contributed by atoms with Crippen LogP contribution < -0.4 is 10.6 Å². The van der Waals surface area contributed by atoms with Crippen LogP contribution in [0.15, 0.2) is 48.0 Å². The maximum atomic E-state index is 4.78. The predicted molar refractivity (Wildman–Crippen MR) is 111 cm³/mol. The van der Waals surface area contributed by atoms with Gasteiger partial charge in [-0.2, -0.15) is 11.8 Å². The molecule has 1 heterocycles. The molecule has 1 aromatic heterocycles. The summed E-state index contributed by atoms with van der Waals surface area (Å²) in [6.45, 7) is 4.54. The standard InChI is InChI=1S/C20H29N5S/c1-3-22-20(24-18-8-9-19(12-18)26-2)23-13-16-4-6-17(7-5-16)14-25-11-10-21-15-25/h4-7,10-11,15,18-19H,3,8-9,12-14H2,1-2H3,(H2,22,23,24). The van der Waals surface area contributed by atoms with Gasteiger partial charge >= 0.3 is 0 Å². The molecule has 1 fully saturated rings. The fraction of sp³-hybridized carbons (Fsp3) is 0.500. The lowest BCUT2D eigenvalue weighted by molar-refractivity contribution is 0.615. The molecule has 2 atom stereocenters. The first-order valence-electron chi connectivity index (χ1n) is 9.38. The van der Waals surface area contributed by atoms with Crippen molar-refractivity contribution in [3.63, 3.8) is 0 Å². The second kappa shape index (κ2) is 9.67. The molecule has 1 aromatic carbocycles. The van der Waals surface area contributed by atoms with Gasteiger partial charge in [0, 0.05) is 36.8 Å². The molecule has 0 aliphatic heterocycles. The molecule has 2 aromatic rings. The summed E-state index contributed by atoms with van der Waals surface area (Å²) < 4.78 is 2.07. The van der Waals surface area contributed by atoms with Gasteiger partial charge in [0.05, 0.1) is 12.9 Å². The molecular formula is C20H29N5S. The third-order valence-electron chi connectivity index (χ3n) is 4.77.